The van der Waals surface area contributed by atoms with Gasteiger partial charge in [-0.05, 0) is 62.2 Å². The van der Waals surface area contributed by atoms with E-state index in [1.165, 1.54) is 43.3 Å². The van der Waals surface area contributed by atoms with Gasteiger partial charge in [-0.2, -0.15) is 0 Å². The summed E-state index contributed by atoms with van der Waals surface area (Å²) in [5.74, 6) is -0.0749. The first-order chi connectivity index (χ1) is 13.2. The average Bonchev–Trinajstić information content (AvgIpc) is 3.10. The van der Waals surface area contributed by atoms with Gasteiger partial charge in [-0.1, -0.05) is 18.6 Å². The van der Waals surface area contributed by atoms with Crippen LogP contribution in [0.25, 0.3) is 10.9 Å². The lowest BCUT2D eigenvalue weighted by Crippen LogP contribution is -2.28. The maximum Gasteiger partial charge on any atom is 0.251 e. The number of likely N-dealkylation sites (tertiary alicyclic amines) is 1. The minimum atomic E-state index is -0.0749. The van der Waals surface area contributed by atoms with Crippen molar-refractivity contribution in [1.82, 2.24) is 20.2 Å². The minimum absolute atomic E-state index is 0.0749. The van der Waals surface area contributed by atoms with Crippen LogP contribution in [0.2, 0.25) is 0 Å². The molecule has 2 N–H and O–H groups in total. The number of nitrogens with zero attached hydrogens (tertiary/aromatic N) is 2. The van der Waals surface area contributed by atoms with E-state index >= 15 is 0 Å². The highest BCUT2D eigenvalue weighted by atomic mass is 16.1. The van der Waals surface area contributed by atoms with Gasteiger partial charge in [0.25, 0.3) is 5.91 Å². The molecular weight excluding hydrogens is 336 g/mol. The van der Waals surface area contributed by atoms with Crippen molar-refractivity contribution in [2.24, 2.45) is 0 Å². The number of nitrogens with one attached hydrogen (secondary N) is 2. The molecule has 0 bridgehead atoms. The lowest BCUT2D eigenvalue weighted by atomic mass is 10.1. The number of aryl methyl sites for hydroxylation is 1. The van der Waals surface area contributed by atoms with E-state index in [0.717, 1.165) is 23.3 Å². The molecule has 1 aliphatic rings. The van der Waals surface area contributed by atoms with Gasteiger partial charge < -0.3 is 10.3 Å². The molecule has 0 radical (unpaired) electrons. The zero-order valence-corrected chi connectivity index (χ0v) is 15.8. The van der Waals surface area contributed by atoms with Gasteiger partial charge in [-0.3, -0.25) is 14.7 Å². The Kier molecular flexibility index (Phi) is 5.21. The third kappa shape index (κ3) is 4.03. The monoisotopic (exact) mass is 362 g/mol. The number of piperidine rings is 1. The van der Waals surface area contributed by atoms with Crippen LogP contribution in [0, 0.1) is 6.92 Å². The molecule has 3 aromatic rings. The molecule has 1 aromatic carbocycles. The molecule has 2 aromatic heterocycles. The SMILES string of the molecule is Cc1cccnc1CNC(=O)c1ccc2c(CN3CCCCC3)c[nH]c2c1. The second kappa shape index (κ2) is 7.92. The van der Waals surface area contributed by atoms with Gasteiger partial charge in [0, 0.05) is 35.4 Å². The van der Waals surface area contributed by atoms with E-state index in [-0.39, 0.29) is 5.91 Å². The fourth-order valence-electron chi connectivity index (χ4n) is 3.79. The number of amides is 1. The van der Waals surface area contributed by atoms with Crippen molar-refractivity contribution in [3.63, 3.8) is 0 Å². The Morgan fingerprint density at radius 2 is 2.07 bits per heavy atom. The lowest BCUT2D eigenvalue weighted by molar-refractivity contribution is 0.0950. The summed E-state index contributed by atoms with van der Waals surface area (Å²) < 4.78 is 0. The molecule has 0 spiro atoms. The summed E-state index contributed by atoms with van der Waals surface area (Å²) >= 11 is 0. The summed E-state index contributed by atoms with van der Waals surface area (Å²) in [6, 6.07) is 9.82. The number of pyridine rings is 1. The number of hydrogen-bond donors (Lipinski definition) is 2. The third-order valence-electron chi connectivity index (χ3n) is 5.41. The number of H-pyrrole nitrogens is 1. The molecule has 0 unspecified atom stereocenters. The summed E-state index contributed by atoms with van der Waals surface area (Å²) in [4.78, 5) is 22.7. The quantitative estimate of drug-likeness (QED) is 0.726. The first kappa shape index (κ1) is 17.7. The largest absolute Gasteiger partial charge is 0.361 e. The lowest BCUT2D eigenvalue weighted by Gasteiger charge is -2.26. The molecule has 27 heavy (non-hydrogen) atoms. The van der Waals surface area contributed by atoms with E-state index in [9.17, 15) is 4.79 Å². The zero-order valence-electron chi connectivity index (χ0n) is 15.8. The summed E-state index contributed by atoms with van der Waals surface area (Å²) in [6.45, 7) is 5.78. The Bertz CT molecular complexity index is 940. The van der Waals surface area contributed by atoms with Gasteiger partial charge in [0.1, 0.15) is 0 Å². The fourth-order valence-corrected chi connectivity index (χ4v) is 3.79. The maximum atomic E-state index is 12.5. The highest BCUT2D eigenvalue weighted by molar-refractivity contribution is 5.98. The Morgan fingerprint density at radius 1 is 1.22 bits per heavy atom. The number of carbonyl (C=O) groups is 1. The van der Waals surface area contributed by atoms with Crippen LogP contribution in [0.3, 0.4) is 0 Å². The molecule has 5 nitrogen and oxygen atoms in total. The summed E-state index contributed by atoms with van der Waals surface area (Å²) in [7, 11) is 0. The van der Waals surface area contributed by atoms with Gasteiger partial charge in [-0.25, -0.2) is 0 Å². The number of fused-ring (bicyclic) bond motifs is 1. The summed E-state index contributed by atoms with van der Waals surface area (Å²) in [6.07, 6.45) is 7.77. The molecule has 1 amide bonds. The van der Waals surface area contributed by atoms with Crippen molar-refractivity contribution in [3.05, 3.63) is 65.1 Å². The molecule has 5 heteroatoms. The summed E-state index contributed by atoms with van der Waals surface area (Å²) in [5.41, 5.74) is 4.98. The predicted molar refractivity (Wildman–Crippen MR) is 108 cm³/mol. The van der Waals surface area contributed by atoms with Gasteiger partial charge >= 0.3 is 0 Å². The number of carbonyl (C=O) groups excluding carboxylic acids is 1. The molecule has 0 aliphatic carbocycles. The van der Waals surface area contributed by atoms with Gasteiger partial charge in [0.05, 0.1) is 12.2 Å². The topological polar surface area (TPSA) is 61.0 Å². The predicted octanol–water partition coefficient (Wildman–Crippen LogP) is 3.79. The van der Waals surface area contributed by atoms with E-state index in [1.54, 1.807) is 6.20 Å². The fraction of sp³-hybridized carbons (Fsp3) is 0.364. The van der Waals surface area contributed by atoms with Crippen LogP contribution in [-0.4, -0.2) is 33.9 Å². The Labute approximate surface area is 159 Å². The van der Waals surface area contributed by atoms with Gasteiger partial charge in [-0.15, -0.1) is 0 Å². The van der Waals surface area contributed by atoms with Crippen molar-refractivity contribution < 1.29 is 4.79 Å². The first-order valence-electron chi connectivity index (χ1n) is 9.72. The van der Waals surface area contributed by atoms with E-state index in [1.807, 2.05) is 31.2 Å². The van der Waals surface area contributed by atoms with Crippen molar-refractivity contribution in [2.75, 3.05) is 13.1 Å². The normalized spacial score (nSPS) is 15.1. The maximum absolute atomic E-state index is 12.5. The number of aromatic amines is 1. The molecule has 4 rings (SSSR count). The second-order valence-corrected chi connectivity index (χ2v) is 7.36. The van der Waals surface area contributed by atoms with E-state index in [4.69, 9.17) is 0 Å². The first-order valence-corrected chi connectivity index (χ1v) is 9.72. The van der Waals surface area contributed by atoms with E-state index < -0.39 is 0 Å². The van der Waals surface area contributed by atoms with Crippen LogP contribution in [-0.2, 0) is 13.1 Å². The molecule has 0 saturated carbocycles. The smallest absolute Gasteiger partial charge is 0.251 e. The Morgan fingerprint density at radius 3 is 2.89 bits per heavy atom. The van der Waals surface area contributed by atoms with Crippen LogP contribution in [0.1, 0.15) is 46.4 Å². The third-order valence-corrected chi connectivity index (χ3v) is 5.41. The Hall–Kier alpha value is -2.66. The van der Waals surface area contributed by atoms with Crippen LogP contribution in [0.4, 0.5) is 0 Å². The van der Waals surface area contributed by atoms with Crippen LogP contribution in [0.15, 0.2) is 42.7 Å². The minimum Gasteiger partial charge on any atom is -0.361 e. The number of hydrogen-bond acceptors (Lipinski definition) is 3. The molecule has 1 fully saturated rings. The molecule has 140 valence electrons. The van der Waals surface area contributed by atoms with Crippen molar-refractivity contribution in [1.29, 1.82) is 0 Å². The molecule has 1 saturated heterocycles. The molecule has 1 aliphatic heterocycles. The molecule has 0 atom stereocenters. The van der Waals surface area contributed by atoms with Crippen LogP contribution in [0.5, 0.6) is 0 Å². The van der Waals surface area contributed by atoms with E-state index in [2.05, 4.69) is 32.4 Å². The number of rotatable bonds is 5. The van der Waals surface area contributed by atoms with Crippen LogP contribution >= 0.6 is 0 Å². The van der Waals surface area contributed by atoms with Crippen molar-refractivity contribution in [3.8, 4) is 0 Å². The van der Waals surface area contributed by atoms with Gasteiger partial charge in [0.15, 0.2) is 0 Å². The second-order valence-electron chi connectivity index (χ2n) is 7.36. The Balaban J connectivity index is 1.45. The average molecular weight is 362 g/mol. The molecule has 3 heterocycles. The van der Waals surface area contributed by atoms with Crippen molar-refractivity contribution in [2.45, 2.75) is 39.3 Å². The number of benzene rings is 1. The van der Waals surface area contributed by atoms with Crippen LogP contribution < -0.4 is 5.32 Å². The zero-order chi connectivity index (χ0) is 18.6. The highest BCUT2D eigenvalue weighted by Crippen LogP contribution is 2.22. The highest BCUT2D eigenvalue weighted by Gasteiger charge is 2.14. The standard InChI is InChI=1S/C22H26N4O/c1-16-6-5-9-23-21(16)14-25-22(27)17-7-8-19-18(13-24-20(19)12-17)15-26-10-3-2-4-11-26/h5-9,12-13,24H,2-4,10-11,14-15H2,1H3,(H,25,27). The van der Waals surface area contributed by atoms with Crippen molar-refractivity contribution >= 4 is 16.8 Å². The van der Waals surface area contributed by atoms with E-state index in [0.29, 0.717) is 12.1 Å². The van der Waals surface area contributed by atoms with Gasteiger partial charge in [0.2, 0.25) is 0 Å². The number of aromatic nitrogens is 2. The molecular formula is C22H26N4O. The summed E-state index contributed by atoms with van der Waals surface area (Å²) in [5, 5.41) is 4.18.